The Kier molecular flexibility index (Phi) is 12.9. The number of carbonyl (C=O) groups is 4. The molecule has 1 rings (SSSR count). The Labute approximate surface area is 226 Å². The van der Waals surface area contributed by atoms with Gasteiger partial charge in [-0.2, -0.15) is 0 Å². The third-order valence-electron chi connectivity index (χ3n) is 6.40. The van der Waals surface area contributed by atoms with E-state index in [1.165, 1.54) is 12.1 Å². The maximum Gasteiger partial charge on any atom is 0.321 e. The lowest BCUT2D eigenvalue weighted by Gasteiger charge is -2.29. The van der Waals surface area contributed by atoms with Crippen molar-refractivity contribution in [1.29, 1.82) is 0 Å². The van der Waals surface area contributed by atoms with Gasteiger partial charge < -0.3 is 25.1 Å². The number of carboxylic acids is 1. The van der Waals surface area contributed by atoms with E-state index in [0.717, 1.165) is 12.8 Å². The summed E-state index contributed by atoms with van der Waals surface area (Å²) in [5, 5.41) is 9.71. The summed E-state index contributed by atoms with van der Waals surface area (Å²) in [5.74, 6) is -4.57. The number of aliphatic carboxylic acids is 1. The van der Waals surface area contributed by atoms with Gasteiger partial charge in [-0.15, -0.1) is 0 Å². The first-order valence-corrected chi connectivity index (χ1v) is 13.4. The van der Waals surface area contributed by atoms with Crippen molar-refractivity contribution < 1.29 is 38.5 Å². The molecule has 9 heteroatoms. The van der Waals surface area contributed by atoms with Crippen LogP contribution in [0.5, 0.6) is 11.5 Å². The topological polar surface area (TPSA) is 142 Å². The Balaban J connectivity index is 3.45. The van der Waals surface area contributed by atoms with Crippen molar-refractivity contribution in [3.63, 3.8) is 0 Å². The molecule has 0 amide bonds. The van der Waals surface area contributed by atoms with Gasteiger partial charge in [-0.1, -0.05) is 53.5 Å². The molecule has 38 heavy (non-hydrogen) atoms. The second-order valence-corrected chi connectivity index (χ2v) is 11.1. The van der Waals surface area contributed by atoms with Gasteiger partial charge in [0.15, 0.2) is 11.5 Å². The summed E-state index contributed by atoms with van der Waals surface area (Å²) in [5.41, 5.74) is 5.81. The van der Waals surface area contributed by atoms with Gasteiger partial charge in [-0.25, -0.2) is 0 Å². The van der Waals surface area contributed by atoms with Crippen LogP contribution < -0.4 is 15.2 Å². The van der Waals surface area contributed by atoms with E-state index >= 15 is 0 Å². The van der Waals surface area contributed by atoms with Crippen LogP contribution in [0.1, 0.15) is 92.6 Å². The van der Waals surface area contributed by atoms with Crippen molar-refractivity contribution in [2.75, 3.05) is 6.61 Å². The van der Waals surface area contributed by atoms with E-state index in [9.17, 15) is 24.3 Å². The van der Waals surface area contributed by atoms with Crippen LogP contribution in [0.4, 0.5) is 0 Å². The van der Waals surface area contributed by atoms with Gasteiger partial charge in [0.05, 0.1) is 23.9 Å². The van der Waals surface area contributed by atoms with Crippen LogP contribution in [0.3, 0.4) is 0 Å². The molecule has 0 radical (unpaired) electrons. The molecule has 5 atom stereocenters. The van der Waals surface area contributed by atoms with Crippen molar-refractivity contribution in [2.24, 2.45) is 28.9 Å². The largest absolute Gasteiger partial charge is 0.480 e. The zero-order valence-corrected chi connectivity index (χ0v) is 24.0. The second-order valence-electron chi connectivity index (χ2n) is 11.1. The molecule has 1 aromatic rings. The summed E-state index contributed by atoms with van der Waals surface area (Å²) in [7, 11) is 0. The smallest absolute Gasteiger partial charge is 0.321 e. The van der Waals surface area contributed by atoms with Crippen molar-refractivity contribution in [1.82, 2.24) is 0 Å². The monoisotopic (exact) mass is 535 g/mol. The van der Waals surface area contributed by atoms with E-state index in [1.54, 1.807) is 47.6 Å². The van der Waals surface area contributed by atoms with Crippen LogP contribution in [-0.2, 0) is 23.9 Å². The summed E-state index contributed by atoms with van der Waals surface area (Å²) in [6, 6.07) is 3.22. The molecule has 3 N–H and O–H groups in total. The summed E-state index contributed by atoms with van der Waals surface area (Å²) < 4.78 is 16.7. The fourth-order valence-electron chi connectivity index (χ4n) is 3.99. The average molecular weight is 536 g/mol. The minimum Gasteiger partial charge on any atom is -0.480 e. The number of hydrogen-bond donors (Lipinski definition) is 2. The number of rotatable bonds is 14. The number of hydrogen-bond acceptors (Lipinski definition) is 8. The van der Waals surface area contributed by atoms with Crippen LogP contribution in [-0.4, -0.2) is 41.6 Å². The van der Waals surface area contributed by atoms with Crippen LogP contribution in [0.2, 0.25) is 0 Å². The number of carboxylic acid groups (broad SMARTS) is 1. The molecule has 0 aliphatic heterocycles. The molecule has 214 valence electrons. The summed E-state index contributed by atoms with van der Waals surface area (Å²) in [6.45, 7) is 14.3. The molecule has 0 saturated heterocycles. The Bertz CT molecular complexity index is 968. The van der Waals surface area contributed by atoms with E-state index in [1.807, 2.05) is 13.8 Å². The predicted octanol–water partition coefficient (Wildman–Crippen LogP) is 5.09. The first-order valence-electron chi connectivity index (χ1n) is 13.4. The van der Waals surface area contributed by atoms with E-state index in [4.69, 9.17) is 19.9 Å². The molecule has 0 aromatic heterocycles. The highest BCUT2D eigenvalue weighted by molar-refractivity contribution is 5.79. The Morgan fingerprint density at radius 3 is 1.84 bits per heavy atom. The van der Waals surface area contributed by atoms with Gasteiger partial charge >= 0.3 is 23.9 Å². The quantitative estimate of drug-likeness (QED) is 0.246. The van der Waals surface area contributed by atoms with E-state index in [2.05, 4.69) is 0 Å². The molecule has 0 saturated carbocycles. The molecule has 0 bridgehead atoms. The highest BCUT2D eigenvalue weighted by atomic mass is 16.6. The normalized spacial score (nSPS) is 15.5. The molecule has 4 unspecified atom stereocenters. The van der Waals surface area contributed by atoms with Crippen molar-refractivity contribution in [2.45, 2.75) is 93.0 Å². The lowest BCUT2D eigenvalue weighted by molar-refractivity contribution is -0.154. The first kappa shape index (κ1) is 33.1. The lowest BCUT2D eigenvalue weighted by atomic mass is 9.82. The number of carbonyl (C=O) groups excluding carboxylic acids is 3. The van der Waals surface area contributed by atoms with E-state index < -0.39 is 47.2 Å². The van der Waals surface area contributed by atoms with Gasteiger partial charge in [-0.05, 0) is 57.2 Å². The fourth-order valence-corrected chi connectivity index (χ4v) is 3.99. The predicted molar refractivity (Wildman–Crippen MR) is 144 cm³/mol. The van der Waals surface area contributed by atoms with Crippen molar-refractivity contribution in [3.05, 3.63) is 23.8 Å². The summed E-state index contributed by atoms with van der Waals surface area (Å²) in [4.78, 5) is 49.6. The van der Waals surface area contributed by atoms with Gasteiger partial charge in [0.2, 0.25) is 0 Å². The minimum atomic E-state index is -1.33. The molecule has 0 aliphatic rings. The number of nitrogens with two attached hydrogens (primary N) is 1. The lowest BCUT2D eigenvalue weighted by Crippen LogP contribution is -2.41. The third kappa shape index (κ3) is 9.74. The maximum absolute atomic E-state index is 12.8. The summed E-state index contributed by atoms with van der Waals surface area (Å²) in [6.07, 6.45) is 2.84. The number of benzene rings is 1. The second kappa shape index (κ2) is 14.9. The van der Waals surface area contributed by atoms with Crippen LogP contribution in [0.15, 0.2) is 18.2 Å². The molecule has 9 nitrogen and oxygen atoms in total. The first-order chi connectivity index (χ1) is 17.6. The average Bonchev–Trinajstić information content (AvgIpc) is 2.83. The third-order valence-corrected chi connectivity index (χ3v) is 6.40. The Morgan fingerprint density at radius 2 is 1.39 bits per heavy atom. The molecule has 0 spiro atoms. The van der Waals surface area contributed by atoms with Crippen LogP contribution in [0.25, 0.3) is 0 Å². The number of ether oxygens (including phenoxy) is 3. The Hall–Kier alpha value is -2.94. The van der Waals surface area contributed by atoms with E-state index in [0.29, 0.717) is 18.4 Å². The van der Waals surface area contributed by atoms with Crippen molar-refractivity contribution >= 4 is 23.9 Å². The van der Waals surface area contributed by atoms with Crippen molar-refractivity contribution in [3.8, 4) is 11.5 Å². The molecular formula is C29H45NO8. The van der Waals surface area contributed by atoms with Gasteiger partial charge in [0.25, 0.3) is 0 Å². The zero-order valence-electron chi connectivity index (χ0n) is 24.0. The molecular weight excluding hydrogens is 490 g/mol. The SMILES string of the molecule is CCCC(C)C(=O)Oc1ccc(C(C(C)COC(=O)C(C)(C)C)[C@H](N)C(=O)O)cc1OC(=O)C(C)CCC. The highest BCUT2D eigenvalue weighted by Gasteiger charge is 2.34. The van der Waals surface area contributed by atoms with Crippen LogP contribution >= 0.6 is 0 Å². The fraction of sp³-hybridized carbons (Fsp3) is 0.655. The highest BCUT2D eigenvalue weighted by Crippen LogP contribution is 2.37. The van der Waals surface area contributed by atoms with E-state index in [-0.39, 0.29) is 29.9 Å². The maximum atomic E-state index is 12.8. The minimum absolute atomic E-state index is 0.00831. The molecule has 1 aromatic carbocycles. The van der Waals surface area contributed by atoms with Crippen LogP contribution in [0, 0.1) is 23.2 Å². The number of esters is 3. The van der Waals surface area contributed by atoms with Gasteiger partial charge in [-0.3, -0.25) is 19.2 Å². The van der Waals surface area contributed by atoms with Gasteiger partial charge in [0, 0.05) is 5.92 Å². The molecule has 0 heterocycles. The van der Waals surface area contributed by atoms with Gasteiger partial charge in [0.1, 0.15) is 6.04 Å². The molecule has 0 fully saturated rings. The molecule has 0 aliphatic carbocycles. The summed E-state index contributed by atoms with van der Waals surface area (Å²) >= 11 is 0. The standard InChI is InChI=1S/C29H45NO8/c1-9-11-17(3)26(33)37-21-14-13-20(15-22(21)38-27(34)18(4)12-10-2)23(24(30)25(31)32)19(5)16-36-28(35)29(6,7)8/h13-15,17-19,23-24H,9-12,16,30H2,1-8H3,(H,31,32)/t17?,18?,19?,23?,24-/m0/s1. The zero-order chi connectivity index (χ0) is 29.2. The Morgan fingerprint density at radius 1 is 0.895 bits per heavy atom.